The van der Waals surface area contributed by atoms with Crippen LogP contribution in [0.25, 0.3) is 0 Å². The Balaban J connectivity index is 1.91. The quantitative estimate of drug-likeness (QED) is 0.906. The zero-order valence-corrected chi connectivity index (χ0v) is 11.7. The fourth-order valence-corrected chi connectivity index (χ4v) is 2.76. The summed E-state index contributed by atoms with van der Waals surface area (Å²) in [5, 5.41) is 10.0. The Bertz CT molecular complexity index is 585. The summed E-state index contributed by atoms with van der Waals surface area (Å²) in [6.45, 7) is 2.15. The van der Waals surface area contributed by atoms with Crippen LogP contribution >= 0.6 is 0 Å². The molecule has 0 bridgehead atoms. The number of para-hydroxylation sites is 1. The van der Waals surface area contributed by atoms with Gasteiger partial charge in [-0.05, 0) is 25.6 Å². The molecular weight excluding hydrogens is 250 g/mol. The molecule has 2 aromatic carbocycles. The minimum atomic E-state index is -0.212. The average Bonchev–Trinajstić information content (AvgIpc) is 2.77. The summed E-state index contributed by atoms with van der Waals surface area (Å²) in [7, 11) is 2.03. The summed E-state index contributed by atoms with van der Waals surface area (Å²) in [5.41, 5.74) is 1.99. The molecule has 0 unspecified atom stereocenters. The van der Waals surface area contributed by atoms with Crippen molar-refractivity contribution < 1.29 is 9.84 Å². The van der Waals surface area contributed by atoms with Crippen molar-refractivity contribution in [2.24, 2.45) is 0 Å². The first-order valence-corrected chi connectivity index (χ1v) is 6.88. The van der Waals surface area contributed by atoms with Gasteiger partial charge in [0, 0.05) is 11.6 Å². The van der Waals surface area contributed by atoms with Gasteiger partial charge in [0.1, 0.15) is 18.1 Å². The van der Waals surface area contributed by atoms with Crippen molar-refractivity contribution in [3.8, 4) is 5.75 Å². The van der Waals surface area contributed by atoms with Crippen LogP contribution in [-0.4, -0.2) is 23.1 Å². The molecule has 1 saturated heterocycles. The van der Waals surface area contributed by atoms with Gasteiger partial charge in [-0.3, -0.25) is 4.90 Å². The van der Waals surface area contributed by atoms with Gasteiger partial charge < -0.3 is 9.84 Å². The molecule has 20 heavy (non-hydrogen) atoms. The zero-order valence-electron chi connectivity index (χ0n) is 11.7. The molecule has 0 saturated carbocycles. The number of phenols is 1. The molecule has 1 aliphatic heterocycles. The fraction of sp³-hybridized carbons (Fsp3) is 0.294. The van der Waals surface area contributed by atoms with Crippen molar-refractivity contribution in [1.82, 2.24) is 4.90 Å². The summed E-state index contributed by atoms with van der Waals surface area (Å²) in [4.78, 5) is 2.16. The fourth-order valence-electron chi connectivity index (χ4n) is 2.76. The highest BCUT2D eigenvalue weighted by atomic mass is 16.5. The Morgan fingerprint density at radius 1 is 1.00 bits per heavy atom. The first kappa shape index (κ1) is 13.2. The second kappa shape index (κ2) is 5.27. The van der Waals surface area contributed by atoms with Crippen molar-refractivity contribution in [2.45, 2.75) is 25.3 Å². The third kappa shape index (κ3) is 2.19. The van der Waals surface area contributed by atoms with E-state index in [0.29, 0.717) is 0 Å². The highest BCUT2D eigenvalue weighted by Gasteiger charge is 2.39. The predicted molar refractivity (Wildman–Crippen MR) is 78.3 cm³/mol. The van der Waals surface area contributed by atoms with Crippen LogP contribution in [0.1, 0.15) is 30.4 Å². The van der Waals surface area contributed by atoms with Gasteiger partial charge in [-0.2, -0.15) is 0 Å². The van der Waals surface area contributed by atoms with E-state index in [1.54, 1.807) is 6.07 Å². The molecule has 1 heterocycles. The number of likely N-dealkylation sites (N-methyl/N-ethyl adjacent to an activating group) is 1. The Morgan fingerprint density at radius 3 is 2.35 bits per heavy atom. The minimum absolute atomic E-state index is 0.0193. The van der Waals surface area contributed by atoms with Crippen LogP contribution in [0.4, 0.5) is 0 Å². The van der Waals surface area contributed by atoms with Gasteiger partial charge in [-0.25, -0.2) is 0 Å². The Morgan fingerprint density at radius 2 is 1.65 bits per heavy atom. The highest BCUT2D eigenvalue weighted by molar-refractivity contribution is 5.34. The van der Waals surface area contributed by atoms with Crippen molar-refractivity contribution in [3.05, 3.63) is 65.7 Å². The lowest BCUT2D eigenvalue weighted by molar-refractivity contribution is 0.00418. The van der Waals surface area contributed by atoms with E-state index in [1.165, 1.54) is 5.56 Å². The van der Waals surface area contributed by atoms with E-state index in [2.05, 4.69) is 24.0 Å². The van der Waals surface area contributed by atoms with Gasteiger partial charge in [-0.15, -0.1) is 0 Å². The third-order valence-corrected chi connectivity index (χ3v) is 4.06. The van der Waals surface area contributed by atoms with E-state index in [9.17, 15) is 5.11 Å². The SMILES string of the molecule is C[C@H]1[C@H](c2ccccc2)O[C@H](c2ccccc2O)N1C. The normalized spacial score (nSPS) is 26.8. The molecule has 0 amide bonds. The van der Waals surface area contributed by atoms with Crippen LogP contribution in [-0.2, 0) is 4.74 Å². The number of nitrogens with zero attached hydrogens (tertiary/aromatic N) is 1. The summed E-state index contributed by atoms with van der Waals surface area (Å²) in [6.07, 6.45) is -0.192. The van der Waals surface area contributed by atoms with Gasteiger partial charge in [0.05, 0.1) is 0 Å². The van der Waals surface area contributed by atoms with Gasteiger partial charge in [0.25, 0.3) is 0 Å². The third-order valence-electron chi connectivity index (χ3n) is 4.06. The topological polar surface area (TPSA) is 32.7 Å². The van der Waals surface area contributed by atoms with Gasteiger partial charge in [0.2, 0.25) is 0 Å². The Kier molecular flexibility index (Phi) is 3.47. The molecule has 2 aromatic rings. The summed E-state index contributed by atoms with van der Waals surface area (Å²) in [5.74, 6) is 0.283. The van der Waals surface area contributed by atoms with Gasteiger partial charge in [-0.1, -0.05) is 48.5 Å². The van der Waals surface area contributed by atoms with Crippen LogP contribution in [0.15, 0.2) is 54.6 Å². The van der Waals surface area contributed by atoms with E-state index < -0.39 is 0 Å². The minimum Gasteiger partial charge on any atom is -0.508 e. The molecular formula is C17H19NO2. The molecule has 3 rings (SSSR count). The van der Waals surface area contributed by atoms with E-state index in [1.807, 2.05) is 43.4 Å². The molecule has 104 valence electrons. The number of phenolic OH excluding ortho intramolecular Hbond substituents is 1. The van der Waals surface area contributed by atoms with Crippen molar-refractivity contribution in [2.75, 3.05) is 7.05 Å². The van der Waals surface area contributed by atoms with E-state index in [4.69, 9.17) is 4.74 Å². The molecule has 0 radical (unpaired) electrons. The number of hydrogen-bond acceptors (Lipinski definition) is 3. The lowest BCUT2D eigenvalue weighted by Gasteiger charge is -2.21. The molecule has 0 aliphatic carbocycles. The maximum atomic E-state index is 10.0. The van der Waals surface area contributed by atoms with Crippen LogP contribution in [0.5, 0.6) is 5.75 Å². The van der Waals surface area contributed by atoms with Gasteiger partial charge >= 0.3 is 0 Å². The van der Waals surface area contributed by atoms with Crippen LogP contribution in [0, 0.1) is 0 Å². The molecule has 1 fully saturated rings. The second-order valence-electron chi connectivity index (χ2n) is 5.28. The molecule has 0 aromatic heterocycles. The van der Waals surface area contributed by atoms with Crippen LogP contribution < -0.4 is 0 Å². The molecule has 3 nitrogen and oxygen atoms in total. The van der Waals surface area contributed by atoms with E-state index >= 15 is 0 Å². The molecule has 1 aliphatic rings. The first-order chi connectivity index (χ1) is 9.68. The maximum absolute atomic E-state index is 10.0. The van der Waals surface area contributed by atoms with E-state index in [-0.39, 0.29) is 24.1 Å². The summed E-state index contributed by atoms with van der Waals surface area (Å²) < 4.78 is 6.20. The van der Waals surface area contributed by atoms with Crippen molar-refractivity contribution in [3.63, 3.8) is 0 Å². The highest BCUT2D eigenvalue weighted by Crippen LogP contribution is 2.43. The zero-order chi connectivity index (χ0) is 14.1. The Labute approximate surface area is 119 Å². The van der Waals surface area contributed by atoms with Crippen LogP contribution in [0.3, 0.4) is 0 Å². The lowest BCUT2D eigenvalue weighted by atomic mass is 10.0. The number of aromatic hydroxyl groups is 1. The standard InChI is InChI=1S/C17H19NO2/c1-12-16(13-8-4-3-5-9-13)20-17(18(12)2)14-10-6-7-11-15(14)19/h3-12,16-17,19H,1-2H3/t12-,16+,17+/m0/s1. The number of ether oxygens (including phenoxy) is 1. The molecule has 0 spiro atoms. The summed E-state index contributed by atoms with van der Waals surface area (Å²) in [6, 6.07) is 17.8. The average molecular weight is 269 g/mol. The molecule has 3 atom stereocenters. The monoisotopic (exact) mass is 269 g/mol. The van der Waals surface area contributed by atoms with Crippen molar-refractivity contribution >= 4 is 0 Å². The van der Waals surface area contributed by atoms with Crippen LogP contribution in [0.2, 0.25) is 0 Å². The van der Waals surface area contributed by atoms with Gasteiger partial charge in [0.15, 0.2) is 0 Å². The predicted octanol–water partition coefficient (Wildman–Crippen LogP) is 3.48. The number of hydrogen-bond donors (Lipinski definition) is 1. The van der Waals surface area contributed by atoms with E-state index in [0.717, 1.165) is 5.56 Å². The number of benzene rings is 2. The molecule has 1 N–H and O–H groups in total. The smallest absolute Gasteiger partial charge is 0.141 e. The maximum Gasteiger partial charge on any atom is 0.141 e. The largest absolute Gasteiger partial charge is 0.508 e. The lowest BCUT2D eigenvalue weighted by Crippen LogP contribution is -2.27. The Hall–Kier alpha value is -1.84. The first-order valence-electron chi connectivity index (χ1n) is 6.88. The summed E-state index contributed by atoms with van der Waals surface area (Å²) >= 11 is 0. The van der Waals surface area contributed by atoms with Crippen molar-refractivity contribution in [1.29, 1.82) is 0 Å². The second-order valence-corrected chi connectivity index (χ2v) is 5.28. The number of rotatable bonds is 2. The molecule has 3 heteroatoms.